The van der Waals surface area contributed by atoms with Gasteiger partial charge in [-0.1, -0.05) is 65.1 Å². The van der Waals surface area contributed by atoms with Gasteiger partial charge in [-0.25, -0.2) is 0 Å². The summed E-state index contributed by atoms with van der Waals surface area (Å²) in [6.07, 6.45) is 1.49. The minimum absolute atomic E-state index is 0.577. The fourth-order valence-electron chi connectivity index (χ4n) is 2.06. The molecule has 1 N–H and O–H groups in total. The summed E-state index contributed by atoms with van der Waals surface area (Å²) in [6.45, 7) is 2.16. The maximum Gasteiger partial charge on any atom is 0.106 e. The number of halogens is 2. The Kier molecular flexibility index (Phi) is 5.03. The van der Waals surface area contributed by atoms with Crippen LogP contribution >= 0.6 is 27.5 Å². The van der Waals surface area contributed by atoms with Gasteiger partial charge >= 0.3 is 0 Å². The van der Waals surface area contributed by atoms with Crippen LogP contribution in [0.15, 0.2) is 46.9 Å². The van der Waals surface area contributed by atoms with Crippen molar-refractivity contribution in [3.63, 3.8) is 0 Å². The van der Waals surface area contributed by atoms with Crippen LogP contribution in [0.5, 0.6) is 0 Å². The molecule has 0 fully saturated rings. The standard InChI is InChI=1S/C16H16BrClO/c1-2-3-11-4-6-12(7-5-11)16(19)14-10-13(17)8-9-15(14)18/h4-10,16,19H,2-3H2,1H3. The van der Waals surface area contributed by atoms with Crippen LogP contribution in [0, 0.1) is 0 Å². The van der Waals surface area contributed by atoms with Gasteiger partial charge < -0.3 is 5.11 Å². The zero-order chi connectivity index (χ0) is 13.8. The van der Waals surface area contributed by atoms with Gasteiger partial charge in [-0.05, 0) is 35.7 Å². The van der Waals surface area contributed by atoms with E-state index < -0.39 is 6.10 Å². The zero-order valence-corrected chi connectivity index (χ0v) is 13.1. The van der Waals surface area contributed by atoms with Crippen molar-refractivity contribution in [2.24, 2.45) is 0 Å². The van der Waals surface area contributed by atoms with Gasteiger partial charge in [0.05, 0.1) is 0 Å². The number of aliphatic hydroxyl groups is 1. The van der Waals surface area contributed by atoms with Crippen molar-refractivity contribution in [1.29, 1.82) is 0 Å². The van der Waals surface area contributed by atoms with Crippen LogP contribution in [0.3, 0.4) is 0 Å². The van der Waals surface area contributed by atoms with Crippen LogP contribution in [0.4, 0.5) is 0 Å². The van der Waals surface area contributed by atoms with E-state index in [0.29, 0.717) is 5.02 Å². The van der Waals surface area contributed by atoms with Gasteiger partial charge in [-0.15, -0.1) is 0 Å². The molecule has 0 aliphatic heterocycles. The second kappa shape index (κ2) is 6.56. The van der Waals surface area contributed by atoms with E-state index in [9.17, 15) is 5.11 Å². The van der Waals surface area contributed by atoms with E-state index in [1.165, 1.54) is 5.56 Å². The van der Waals surface area contributed by atoms with Gasteiger partial charge in [0.2, 0.25) is 0 Å². The Morgan fingerprint density at radius 1 is 1.16 bits per heavy atom. The van der Waals surface area contributed by atoms with E-state index >= 15 is 0 Å². The molecule has 0 heterocycles. The van der Waals surface area contributed by atoms with E-state index in [4.69, 9.17) is 11.6 Å². The molecule has 3 heteroatoms. The number of aliphatic hydroxyl groups excluding tert-OH is 1. The maximum absolute atomic E-state index is 10.4. The first-order chi connectivity index (χ1) is 9.11. The van der Waals surface area contributed by atoms with Crippen molar-refractivity contribution in [3.05, 3.63) is 68.7 Å². The molecule has 0 radical (unpaired) electrons. The zero-order valence-electron chi connectivity index (χ0n) is 10.7. The van der Waals surface area contributed by atoms with Crippen LogP contribution in [-0.4, -0.2) is 5.11 Å². The number of hydrogen-bond donors (Lipinski definition) is 1. The first-order valence-corrected chi connectivity index (χ1v) is 7.50. The summed E-state index contributed by atoms with van der Waals surface area (Å²) in [5.74, 6) is 0. The second-order valence-corrected chi connectivity index (χ2v) is 5.88. The minimum atomic E-state index is -0.694. The topological polar surface area (TPSA) is 20.2 Å². The quantitative estimate of drug-likeness (QED) is 0.818. The van der Waals surface area contributed by atoms with E-state index in [0.717, 1.165) is 28.4 Å². The fourth-order valence-corrected chi connectivity index (χ4v) is 2.66. The molecule has 0 saturated heterocycles. The number of benzene rings is 2. The van der Waals surface area contributed by atoms with E-state index in [-0.39, 0.29) is 0 Å². The van der Waals surface area contributed by atoms with Crippen molar-refractivity contribution in [2.75, 3.05) is 0 Å². The predicted octanol–water partition coefficient (Wildman–Crippen LogP) is 5.14. The second-order valence-electron chi connectivity index (χ2n) is 4.56. The number of rotatable bonds is 4. The Bertz CT molecular complexity index is 551. The maximum atomic E-state index is 10.4. The van der Waals surface area contributed by atoms with Crippen LogP contribution in [0.2, 0.25) is 5.02 Å². The van der Waals surface area contributed by atoms with E-state index in [1.807, 2.05) is 24.3 Å². The van der Waals surface area contributed by atoms with E-state index in [2.05, 4.69) is 35.0 Å². The molecule has 0 spiro atoms. The van der Waals surface area contributed by atoms with Crippen molar-refractivity contribution in [3.8, 4) is 0 Å². The molecule has 2 aromatic carbocycles. The smallest absolute Gasteiger partial charge is 0.106 e. The summed E-state index contributed by atoms with van der Waals surface area (Å²) in [5, 5.41) is 11.0. The molecule has 0 aliphatic carbocycles. The highest BCUT2D eigenvalue weighted by molar-refractivity contribution is 9.10. The Hall–Kier alpha value is -0.830. The van der Waals surface area contributed by atoms with Crippen LogP contribution in [-0.2, 0) is 6.42 Å². The molecule has 2 rings (SSSR count). The molecular weight excluding hydrogens is 324 g/mol. The van der Waals surface area contributed by atoms with Gasteiger partial charge in [0.15, 0.2) is 0 Å². The largest absolute Gasteiger partial charge is 0.384 e. The molecule has 2 aromatic rings. The number of aryl methyl sites for hydroxylation is 1. The highest BCUT2D eigenvalue weighted by Crippen LogP contribution is 2.30. The average molecular weight is 340 g/mol. The molecule has 1 atom stereocenters. The Morgan fingerprint density at radius 2 is 1.84 bits per heavy atom. The lowest BCUT2D eigenvalue weighted by atomic mass is 9.99. The first-order valence-electron chi connectivity index (χ1n) is 6.33. The Balaban J connectivity index is 2.27. The van der Waals surface area contributed by atoms with Crippen molar-refractivity contribution >= 4 is 27.5 Å². The molecule has 0 aromatic heterocycles. The number of hydrogen-bond acceptors (Lipinski definition) is 1. The average Bonchev–Trinajstić information content (AvgIpc) is 2.42. The minimum Gasteiger partial charge on any atom is -0.384 e. The van der Waals surface area contributed by atoms with Crippen LogP contribution in [0.25, 0.3) is 0 Å². The molecular formula is C16H16BrClO. The summed E-state index contributed by atoms with van der Waals surface area (Å²) >= 11 is 9.54. The first kappa shape index (κ1) is 14.6. The summed E-state index contributed by atoms with van der Waals surface area (Å²) < 4.78 is 0.911. The molecule has 100 valence electrons. The third kappa shape index (κ3) is 3.59. The summed E-state index contributed by atoms with van der Waals surface area (Å²) in [4.78, 5) is 0. The van der Waals surface area contributed by atoms with Crippen LogP contribution < -0.4 is 0 Å². The van der Waals surface area contributed by atoms with Crippen molar-refractivity contribution in [2.45, 2.75) is 25.9 Å². The molecule has 0 bridgehead atoms. The molecule has 1 nitrogen and oxygen atoms in total. The monoisotopic (exact) mass is 338 g/mol. The fraction of sp³-hybridized carbons (Fsp3) is 0.250. The highest BCUT2D eigenvalue weighted by Gasteiger charge is 2.14. The lowest BCUT2D eigenvalue weighted by molar-refractivity contribution is 0.220. The third-order valence-electron chi connectivity index (χ3n) is 3.09. The lowest BCUT2D eigenvalue weighted by Gasteiger charge is -2.14. The Labute approximate surface area is 127 Å². The van der Waals surface area contributed by atoms with Gasteiger partial charge in [0, 0.05) is 15.1 Å². The third-order valence-corrected chi connectivity index (χ3v) is 3.92. The molecule has 0 aliphatic rings. The Morgan fingerprint density at radius 3 is 2.47 bits per heavy atom. The molecule has 19 heavy (non-hydrogen) atoms. The van der Waals surface area contributed by atoms with Gasteiger partial charge in [-0.3, -0.25) is 0 Å². The molecule has 1 unspecified atom stereocenters. The molecule has 0 saturated carbocycles. The van der Waals surface area contributed by atoms with Crippen molar-refractivity contribution in [1.82, 2.24) is 0 Å². The van der Waals surface area contributed by atoms with Gasteiger partial charge in [0.25, 0.3) is 0 Å². The lowest BCUT2D eigenvalue weighted by Crippen LogP contribution is -2.01. The SMILES string of the molecule is CCCc1ccc(C(O)c2cc(Br)ccc2Cl)cc1. The summed E-state index contributed by atoms with van der Waals surface area (Å²) in [6, 6.07) is 13.6. The normalized spacial score (nSPS) is 12.4. The summed E-state index contributed by atoms with van der Waals surface area (Å²) in [7, 11) is 0. The van der Waals surface area contributed by atoms with Gasteiger partial charge in [0.1, 0.15) is 6.10 Å². The van der Waals surface area contributed by atoms with Gasteiger partial charge in [-0.2, -0.15) is 0 Å². The van der Waals surface area contributed by atoms with E-state index in [1.54, 1.807) is 6.07 Å². The molecule has 0 amide bonds. The highest BCUT2D eigenvalue weighted by atomic mass is 79.9. The predicted molar refractivity (Wildman–Crippen MR) is 83.7 cm³/mol. The van der Waals surface area contributed by atoms with Crippen LogP contribution in [0.1, 0.15) is 36.1 Å². The van der Waals surface area contributed by atoms with Crippen molar-refractivity contribution < 1.29 is 5.11 Å². The summed E-state index contributed by atoms with van der Waals surface area (Å²) in [5.41, 5.74) is 2.87.